The van der Waals surface area contributed by atoms with Crippen LogP contribution in [0.4, 0.5) is 13.2 Å². The molecule has 4 rings (SSSR count). The highest BCUT2D eigenvalue weighted by atomic mass is 35.5. The van der Waals surface area contributed by atoms with E-state index < -0.39 is 12.6 Å². The summed E-state index contributed by atoms with van der Waals surface area (Å²) < 4.78 is 39.1. The van der Waals surface area contributed by atoms with Crippen LogP contribution in [0.1, 0.15) is 24.4 Å². The van der Waals surface area contributed by atoms with Crippen molar-refractivity contribution in [3.63, 3.8) is 0 Å². The summed E-state index contributed by atoms with van der Waals surface area (Å²) in [7, 11) is 0. The Morgan fingerprint density at radius 2 is 1.50 bits per heavy atom. The van der Waals surface area contributed by atoms with Crippen LogP contribution >= 0.6 is 12.4 Å². The fourth-order valence-electron chi connectivity index (χ4n) is 4.19. The fraction of sp³-hybridized carbons (Fsp3) is 0.364. The highest BCUT2D eigenvalue weighted by Crippen LogP contribution is 2.38. The molecule has 0 aliphatic carbocycles. The molecule has 1 N–H and O–H groups in total. The van der Waals surface area contributed by atoms with Crippen molar-refractivity contribution in [2.75, 3.05) is 26.2 Å². The predicted octanol–water partition coefficient (Wildman–Crippen LogP) is 5.70. The van der Waals surface area contributed by atoms with Gasteiger partial charge in [-0.15, -0.1) is 12.4 Å². The fourth-order valence-corrected chi connectivity index (χ4v) is 4.19. The second kappa shape index (κ2) is 8.68. The van der Waals surface area contributed by atoms with Crippen molar-refractivity contribution in [3.8, 4) is 0 Å². The molecule has 0 bridgehead atoms. The summed E-state index contributed by atoms with van der Waals surface area (Å²) in [4.78, 5) is 2.21. The smallest absolute Gasteiger partial charge is 0.314 e. The van der Waals surface area contributed by atoms with Gasteiger partial charge < -0.3 is 5.32 Å². The van der Waals surface area contributed by atoms with Gasteiger partial charge in [0.1, 0.15) is 0 Å². The van der Waals surface area contributed by atoms with E-state index in [2.05, 4.69) is 28.4 Å². The molecule has 0 saturated carbocycles. The number of fused-ring (bicyclic) bond motifs is 3. The molecule has 1 atom stereocenters. The van der Waals surface area contributed by atoms with E-state index in [9.17, 15) is 13.2 Å². The van der Waals surface area contributed by atoms with E-state index in [0.717, 1.165) is 53.3 Å². The third kappa shape index (κ3) is 4.43. The molecule has 1 aliphatic heterocycles. The van der Waals surface area contributed by atoms with Gasteiger partial charge in [0.2, 0.25) is 0 Å². The van der Waals surface area contributed by atoms with Gasteiger partial charge in [-0.25, -0.2) is 0 Å². The van der Waals surface area contributed by atoms with E-state index >= 15 is 0 Å². The standard InChI is InChI=1S/C22H23F3N2.ClH/c23-22(24,25)10-9-21(27-13-11-26-12-14-27)20-15-16-5-1-2-6-17(16)18-7-3-4-8-19(18)20;/h1-8,15,21,26H,9-14H2;1H/t21-;/m1./s1. The Morgan fingerprint density at radius 1 is 0.893 bits per heavy atom. The third-order valence-electron chi connectivity index (χ3n) is 5.45. The van der Waals surface area contributed by atoms with Crippen LogP contribution in [-0.4, -0.2) is 37.3 Å². The highest BCUT2D eigenvalue weighted by Gasteiger charge is 2.32. The number of halogens is 4. The molecule has 1 fully saturated rings. The molecule has 2 nitrogen and oxygen atoms in total. The number of nitrogens with one attached hydrogen (secondary N) is 1. The second-order valence-electron chi connectivity index (χ2n) is 7.19. The zero-order chi connectivity index (χ0) is 18.9. The van der Waals surface area contributed by atoms with Crippen LogP contribution in [0.25, 0.3) is 21.5 Å². The van der Waals surface area contributed by atoms with E-state index in [0.29, 0.717) is 0 Å². The van der Waals surface area contributed by atoms with Gasteiger partial charge in [-0.1, -0.05) is 48.5 Å². The van der Waals surface area contributed by atoms with Crippen molar-refractivity contribution < 1.29 is 13.2 Å². The van der Waals surface area contributed by atoms with Crippen LogP contribution in [0.2, 0.25) is 0 Å². The SMILES string of the molecule is Cl.FC(F)(F)CC[C@H](c1cc2ccccc2c2ccccc12)N1CCNCC1. The molecule has 0 amide bonds. The van der Waals surface area contributed by atoms with Crippen LogP contribution in [-0.2, 0) is 0 Å². The van der Waals surface area contributed by atoms with Crippen LogP contribution < -0.4 is 5.32 Å². The van der Waals surface area contributed by atoms with Gasteiger partial charge in [0.25, 0.3) is 0 Å². The van der Waals surface area contributed by atoms with Gasteiger partial charge in [0.15, 0.2) is 0 Å². The normalized spacial score (nSPS) is 16.8. The van der Waals surface area contributed by atoms with Gasteiger partial charge in [-0.3, -0.25) is 4.90 Å². The van der Waals surface area contributed by atoms with Gasteiger partial charge >= 0.3 is 6.18 Å². The Labute approximate surface area is 169 Å². The average molecular weight is 409 g/mol. The number of hydrogen-bond acceptors (Lipinski definition) is 2. The Kier molecular flexibility index (Phi) is 6.48. The monoisotopic (exact) mass is 408 g/mol. The average Bonchev–Trinajstić information content (AvgIpc) is 2.68. The number of benzene rings is 3. The van der Waals surface area contributed by atoms with E-state index in [1.54, 1.807) is 0 Å². The summed E-state index contributed by atoms with van der Waals surface area (Å²) in [6.45, 7) is 3.16. The maximum atomic E-state index is 13.0. The lowest BCUT2D eigenvalue weighted by molar-refractivity contribution is -0.138. The summed E-state index contributed by atoms with van der Waals surface area (Å²) in [5.41, 5.74) is 1.01. The van der Waals surface area contributed by atoms with Crippen LogP contribution in [0.15, 0.2) is 54.6 Å². The van der Waals surface area contributed by atoms with Crippen molar-refractivity contribution in [1.29, 1.82) is 0 Å². The van der Waals surface area contributed by atoms with Crippen molar-refractivity contribution in [3.05, 3.63) is 60.2 Å². The third-order valence-corrected chi connectivity index (χ3v) is 5.45. The zero-order valence-corrected chi connectivity index (χ0v) is 16.3. The Hall–Kier alpha value is -1.82. The van der Waals surface area contributed by atoms with Gasteiger partial charge in [0, 0.05) is 38.6 Å². The number of rotatable bonds is 4. The molecular weight excluding hydrogens is 385 g/mol. The Morgan fingerprint density at radius 3 is 2.18 bits per heavy atom. The van der Waals surface area contributed by atoms with Crippen LogP contribution in [0, 0.1) is 0 Å². The molecule has 0 unspecified atom stereocenters. The maximum absolute atomic E-state index is 13.0. The zero-order valence-electron chi connectivity index (χ0n) is 15.5. The second-order valence-corrected chi connectivity index (χ2v) is 7.19. The number of hydrogen-bond donors (Lipinski definition) is 1. The molecular formula is C22H24ClF3N2. The predicted molar refractivity (Wildman–Crippen MR) is 111 cm³/mol. The molecule has 1 heterocycles. The first-order chi connectivity index (χ1) is 13.0. The van der Waals surface area contributed by atoms with Crippen molar-refractivity contribution in [1.82, 2.24) is 10.2 Å². The minimum Gasteiger partial charge on any atom is -0.314 e. The van der Waals surface area contributed by atoms with Gasteiger partial charge in [-0.05, 0) is 39.6 Å². The van der Waals surface area contributed by atoms with E-state index in [-0.39, 0.29) is 24.9 Å². The topological polar surface area (TPSA) is 15.3 Å². The molecule has 28 heavy (non-hydrogen) atoms. The molecule has 3 aromatic carbocycles. The molecule has 6 heteroatoms. The largest absolute Gasteiger partial charge is 0.389 e. The lowest BCUT2D eigenvalue weighted by atomic mass is 9.90. The van der Waals surface area contributed by atoms with Crippen molar-refractivity contribution in [2.24, 2.45) is 0 Å². The number of alkyl halides is 3. The summed E-state index contributed by atoms with van der Waals surface area (Å²) in [6, 6.07) is 18.1. The summed E-state index contributed by atoms with van der Waals surface area (Å²) >= 11 is 0. The van der Waals surface area contributed by atoms with E-state index in [4.69, 9.17) is 0 Å². The van der Waals surface area contributed by atoms with Gasteiger partial charge in [-0.2, -0.15) is 13.2 Å². The molecule has 0 radical (unpaired) electrons. The molecule has 0 aromatic heterocycles. The Bertz CT molecular complexity index is 936. The lowest BCUT2D eigenvalue weighted by Crippen LogP contribution is -2.45. The van der Waals surface area contributed by atoms with Gasteiger partial charge in [0.05, 0.1) is 0 Å². The maximum Gasteiger partial charge on any atom is 0.389 e. The first-order valence-electron chi connectivity index (χ1n) is 9.45. The van der Waals surface area contributed by atoms with Crippen LogP contribution in [0.5, 0.6) is 0 Å². The lowest BCUT2D eigenvalue weighted by Gasteiger charge is -2.36. The molecule has 3 aromatic rings. The quantitative estimate of drug-likeness (QED) is 0.557. The molecule has 150 valence electrons. The van der Waals surface area contributed by atoms with E-state index in [1.807, 2.05) is 36.4 Å². The molecule has 1 aliphatic rings. The first-order valence-corrected chi connectivity index (χ1v) is 9.45. The van der Waals surface area contributed by atoms with Crippen LogP contribution in [0.3, 0.4) is 0 Å². The molecule has 1 saturated heterocycles. The minimum absolute atomic E-state index is 0. The first kappa shape index (κ1) is 20.9. The number of nitrogens with zero attached hydrogens (tertiary/aromatic N) is 1. The molecule has 0 spiro atoms. The summed E-state index contributed by atoms with van der Waals surface area (Å²) in [5.74, 6) is 0. The minimum atomic E-state index is -4.14. The van der Waals surface area contributed by atoms with E-state index in [1.165, 1.54) is 0 Å². The summed E-state index contributed by atoms with van der Waals surface area (Å²) in [6.07, 6.45) is -4.81. The van der Waals surface area contributed by atoms with Crippen molar-refractivity contribution in [2.45, 2.75) is 25.1 Å². The number of piperazine rings is 1. The summed E-state index contributed by atoms with van der Waals surface area (Å²) in [5, 5.41) is 7.69. The highest BCUT2D eigenvalue weighted by molar-refractivity contribution is 6.09. The van der Waals surface area contributed by atoms with Crippen molar-refractivity contribution >= 4 is 34.0 Å². The Balaban J connectivity index is 0.00000225.